The molecule has 0 spiro atoms. The van der Waals surface area contributed by atoms with E-state index in [1.54, 1.807) is 32.9 Å². The maximum absolute atomic E-state index is 14.0. The lowest BCUT2D eigenvalue weighted by atomic mass is 9.86. The van der Waals surface area contributed by atoms with Crippen LogP contribution in [0.1, 0.15) is 36.8 Å². The monoisotopic (exact) mass is 471 g/mol. The van der Waals surface area contributed by atoms with Crippen molar-refractivity contribution < 1.29 is 24.2 Å². The van der Waals surface area contributed by atoms with E-state index in [0.717, 1.165) is 5.56 Å². The topological polar surface area (TPSA) is 142 Å². The van der Waals surface area contributed by atoms with Gasteiger partial charge in [-0.25, -0.2) is 4.39 Å². The number of hydrogen-bond donors (Lipinski definition) is 5. The van der Waals surface area contributed by atoms with Crippen LogP contribution in [-0.4, -0.2) is 57.1 Å². The molecule has 1 aromatic heterocycles. The molecule has 2 unspecified atom stereocenters. The number of benzene rings is 2. The molecule has 3 aromatic rings. The van der Waals surface area contributed by atoms with Crippen LogP contribution in [0.15, 0.2) is 42.5 Å². The number of nitrogen functional groups attached to an aromatic ring is 1. The first kappa shape index (κ1) is 25.1. The molecule has 0 aliphatic rings. The summed E-state index contributed by atoms with van der Waals surface area (Å²) < 4.78 is 15.6. The third-order valence-electron chi connectivity index (χ3n) is 5.37. The highest BCUT2D eigenvalue weighted by molar-refractivity contribution is 6.06. The zero-order chi connectivity index (χ0) is 25.0. The van der Waals surface area contributed by atoms with E-state index in [1.165, 1.54) is 22.9 Å². The Balaban J connectivity index is 1.91. The molecule has 0 fully saturated rings. The van der Waals surface area contributed by atoms with Crippen molar-refractivity contribution in [2.24, 2.45) is 5.41 Å². The van der Waals surface area contributed by atoms with Crippen LogP contribution < -0.4 is 16.4 Å². The normalized spacial score (nSPS) is 13.5. The van der Waals surface area contributed by atoms with Gasteiger partial charge in [0.05, 0.1) is 24.8 Å². The number of carbonyl (C=O) groups excluding carboxylic acids is 2. The second kappa shape index (κ2) is 10.2. The molecule has 3 rings (SSSR count). The number of aliphatic hydroxyl groups excluding tert-OH is 2. The minimum atomic E-state index is -1.11. The van der Waals surface area contributed by atoms with Crippen LogP contribution in [0, 0.1) is 11.2 Å². The highest BCUT2D eigenvalue weighted by Crippen LogP contribution is 2.24. The molecule has 34 heavy (non-hydrogen) atoms. The number of nitrogens with zero attached hydrogens (tertiary/aromatic N) is 2. The largest absolute Gasteiger partial charge is 0.399 e. The molecule has 0 aliphatic carbocycles. The van der Waals surface area contributed by atoms with Crippen LogP contribution in [0.2, 0.25) is 0 Å². The first-order valence-corrected chi connectivity index (χ1v) is 10.9. The number of carbonyl (C=O) groups is 2. The summed E-state index contributed by atoms with van der Waals surface area (Å²) in [6, 6.07) is 10.2. The molecule has 2 aromatic carbocycles. The van der Waals surface area contributed by atoms with Gasteiger partial charge in [0, 0.05) is 17.6 Å². The summed E-state index contributed by atoms with van der Waals surface area (Å²) in [4.78, 5) is 26.0. The number of rotatable bonds is 8. The van der Waals surface area contributed by atoms with Gasteiger partial charge in [-0.15, -0.1) is 0 Å². The average molecular weight is 472 g/mol. The molecule has 0 saturated carbocycles. The third-order valence-corrected chi connectivity index (χ3v) is 5.37. The minimum Gasteiger partial charge on any atom is -0.399 e. The van der Waals surface area contributed by atoms with Gasteiger partial charge in [0.2, 0.25) is 5.91 Å². The van der Waals surface area contributed by atoms with Crippen LogP contribution in [0.25, 0.3) is 10.9 Å². The predicted octanol–water partition coefficient (Wildman–Crippen LogP) is 1.42. The molecule has 9 nitrogen and oxygen atoms in total. The zero-order valence-electron chi connectivity index (χ0n) is 19.4. The van der Waals surface area contributed by atoms with E-state index in [-0.39, 0.29) is 18.8 Å². The summed E-state index contributed by atoms with van der Waals surface area (Å²) in [5.41, 5.74) is 7.04. The summed E-state index contributed by atoms with van der Waals surface area (Å²) in [5, 5.41) is 28.6. The first-order chi connectivity index (χ1) is 16.0. The molecule has 0 radical (unpaired) electrons. The minimum absolute atomic E-state index is 0.0582. The lowest BCUT2D eigenvalue weighted by Gasteiger charge is -2.30. The van der Waals surface area contributed by atoms with Crippen LogP contribution in [-0.2, 0) is 11.3 Å². The smallest absolute Gasteiger partial charge is 0.273 e. The molecular weight excluding hydrogens is 441 g/mol. The fraction of sp³-hybridized carbons (Fsp3) is 0.375. The van der Waals surface area contributed by atoms with Crippen molar-refractivity contribution in [2.75, 3.05) is 18.9 Å². The van der Waals surface area contributed by atoms with Crippen molar-refractivity contribution in [3.05, 3.63) is 59.5 Å². The Kier molecular flexibility index (Phi) is 7.53. The summed E-state index contributed by atoms with van der Waals surface area (Å²) in [6.45, 7) is 4.99. The van der Waals surface area contributed by atoms with Crippen LogP contribution in [0.4, 0.5) is 10.1 Å². The van der Waals surface area contributed by atoms with Crippen molar-refractivity contribution in [1.29, 1.82) is 0 Å². The van der Waals surface area contributed by atoms with Gasteiger partial charge in [-0.2, -0.15) is 5.10 Å². The van der Waals surface area contributed by atoms with Gasteiger partial charge in [-0.1, -0.05) is 32.9 Å². The molecule has 1 heterocycles. The van der Waals surface area contributed by atoms with Crippen molar-refractivity contribution in [2.45, 2.75) is 39.5 Å². The highest BCUT2D eigenvalue weighted by Gasteiger charge is 2.34. The first-order valence-electron chi connectivity index (χ1n) is 10.9. The number of amides is 2. The van der Waals surface area contributed by atoms with Crippen LogP contribution in [0.5, 0.6) is 0 Å². The molecule has 182 valence electrons. The van der Waals surface area contributed by atoms with Crippen molar-refractivity contribution in [1.82, 2.24) is 20.4 Å². The number of anilines is 1. The highest BCUT2D eigenvalue weighted by atomic mass is 19.1. The Morgan fingerprint density at radius 2 is 1.85 bits per heavy atom. The molecular formula is C24H30FN5O4. The zero-order valence-corrected chi connectivity index (χ0v) is 19.4. The standard InChI is InChI=1S/C24H30FN5O4/c1-24(2,3)21(23(34)27-11-17(32)13-31)28-22(33)20-18-9-6-15(25)10-19(18)30(29-20)12-14-4-7-16(26)8-5-14/h4-10,17,21,31-32H,11-13,26H2,1-3H3,(H,27,34)(H,28,33). The quantitative estimate of drug-likeness (QED) is 0.315. The summed E-state index contributed by atoms with van der Waals surface area (Å²) >= 11 is 0. The molecule has 0 aliphatic heterocycles. The summed E-state index contributed by atoms with van der Waals surface area (Å²) in [6.07, 6.45) is -1.11. The van der Waals surface area contributed by atoms with Crippen molar-refractivity contribution in [3.63, 3.8) is 0 Å². The number of halogens is 1. The average Bonchev–Trinajstić information content (AvgIpc) is 3.13. The molecule has 0 bridgehead atoms. The van der Waals surface area contributed by atoms with Crippen molar-refractivity contribution >= 4 is 28.4 Å². The van der Waals surface area contributed by atoms with E-state index in [4.69, 9.17) is 10.8 Å². The second-order valence-electron chi connectivity index (χ2n) is 9.26. The fourth-order valence-electron chi connectivity index (χ4n) is 3.49. The number of hydrogen-bond acceptors (Lipinski definition) is 6. The van der Waals surface area contributed by atoms with Crippen molar-refractivity contribution in [3.8, 4) is 0 Å². The van der Waals surface area contributed by atoms with E-state index in [1.807, 2.05) is 12.1 Å². The van der Waals surface area contributed by atoms with Gasteiger partial charge in [0.25, 0.3) is 5.91 Å². The fourth-order valence-corrected chi connectivity index (χ4v) is 3.49. The van der Waals surface area contributed by atoms with Crippen LogP contribution >= 0.6 is 0 Å². The Labute approximate surface area is 196 Å². The Bertz CT molecular complexity index is 1170. The molecule has 2 amide bonds. The second-order valence-corrected chi connectivity index (χ2v) is 9.26. The van der Waals surface area contributed by atoms with Crippen LogP contribution in [0.3, 0.4) is 0 Å². The Morgan fingerprint density at radius 1 is 1.18 bits per heavy atom. The maximum atomic E-state index is 14.0. The SMILES string of the molecule is CC(C)(C)C(NC(=O)c1nn(Cc2ccc(N)cc2)c2cc(F)ccc12)C(=O)NCC(O)CO. The lowest BCUT2D eigenvalue weighted by molar-refractivity contribution is -0.125. The van der Waals surface area contributed by atoms with Gasteiger partial charge in [0.15, 0.2) is 5.69 Å². The van der Waals surface area contributed by atoms with Gasteiger partial charge in [-0.3, -0.25) is 14.3 Å². The summed E-state index contributed by atoms with van der Waals surface area (Å²) in [5.74, 6) is -1.57. The van der Waals surface area contributed by atoms with Gasteiger partial charge in [0.1, 0.15) is 11.9 Å². The number of nitrogens with two attached hydrogens (primary N) is 1. The molecule has 10 heteroatoms. The number of aromatic nitrogens is 2. The number of nitrogens with one attached hydrogen (secondary N) is 2. The van der Waals surface area contributed by atoms with Gasteiger partial charge >= 0.3 is 0 Å². The summed E-state index contributed by atoms with van der Waals surface area (Å²) in [7, 11) is 0. The van der Waals surface area contributed by atoms with E-state index in [9.17, 15) is 19.1 Å². The third kappa shape index (κ3) is 5.89. The van der Waals surface area contributed by atoms with E-state index in [2.05, 4.69) is 15.7 Å². The maximum Gasteiger partial charge on any atom is 0.273 e. The number of aliphatic hydroxyl groups is 2. The Hall–Kier alpha value is -3.50. The molecule has 6 N–H and O–H groups in total. The predicted molar refractivity (Wildman–Crippen MR) is 126 cm³/mol. The van der Waals surface area contributed by atoms with Gasteiger partial charge in [-0.05, 0) is 41.3 Å². The molecule has 0 saturated heterocycles. The Morgan fingerprint density at radius 3 is 2.47 bits per heavy atom. The van der Waals surface area contributed by atoms with E-state index >= 15 is 0 Å². The van der Waals surface area contributed by atoms with Gasteiger partial charge < -0.3 is 26.6 Å². The molecule has 2 atom stereocenters. The number of fused-ring (bicyclic) bond motifs is 1. The lowest BCUT2D eigenvalue weighted by Crippen LogP contribution is -2.54. The van der Waals surface area contributed by atoms with E-state index < -0.39 is 41.8 Å². The van der Waals surface area contributed by atoms with E-state index in [0.29, 0.717) is 16.6 Å².